The first-order chi connectivity index (χ1) is 9.81. The fourth-order valence-electron chi connectivity index (χ4n) is 3.67. The van der Waals surface area contributed by atoms with Crippen LogP contribution in [0.5, 0.6) is 0 Å². The first kappa shape index (κ1) is 16.1. The Morgan fingerprint density at radius 1 is 1.29 bits per heavy atom. The van der Waals surface area contributed by atoms with E-state index < -0.39 is 12.0 Å². The number of rotatable bonds is 5. The molecule has 1 aliphatic carbocycles. The molecule has 2 N–H and O–H groups in total. The number of aliphatic carboxylic acids is 1. The van der Waals surface area contributed by atoms with Gasteiger partial charge in [0.2, 0.25) is 0 Å². The lowest BCUT2D eigenvalue weighted by Gasteiger charge is -2.43. The van der Waals surface area contributed by atoms with Crippen molar-refractivity contribution in [2.45, 2.75) is 65.3 Å². The Kier molecular flexibility index (Phi) is 4.49. The zero-order valence-electron chi connectivity index (χ0n) is 13.4. The molecule has 0 spiro atoms. The summed E-state index contributed by atoms with van der Waals surface area (Å²) in [6, 6.07) is -0.940. The van der Waals surface area contributed by atoms with Crippen molar-refractivity contribution in [3.05, 3.63) is 0 Å². The summed E-state index contributed by atoms with van der Waals surface area (Å²) in [7, 11) is 0. The Labute approximate surface area is 127 Å². The molecule has 0 aromatic carbocycles. The van der Waals surface area contributed by atoms with Gasteiger partial charge in [0.15, 0.2) is 0 Å². The SMILES string of the molecule is CCCC1(CNC(=O)N2CCCC(C)(C)C2C(=O)O)CC1. The van der Waals surface area contributed by atoms with Crippen molar-refractivity contribution in [3.8, 4) is 0 Å². The number of nitrogens with one attached hydrogen (secondary N) is 1. The fraction of sp³-hybridized carbons (Fsp3) is 0.875. The summed E-state index contributed by atoms with van der Waals surface area (Å²) in [5.41, 5.74) is -0.0868. The largest absolute Gasteiger partial charge is 0.480 e. The summed E-state index contributed by atoms with van der Waals surface area (Å²) in [5, 5.41) is 12.5. The summed E-state index contributed by atoms with van der Waals surface area (Å²) in [5.74, 6) is -0.899. The van der Waals surface area contributed by atoms with E-state index in [0.29, 0.717) is 13.1 Å². The number of carbonyl (C=O) groups is 2. The topological polar surface area (TPSA) is 69.6 Å². The third kappa shape index (κ3) is 3.50. The van der Waals surface area contributed by atoms with E-state index in [-0.39, 0.29) is 16.9 Å². The van der Waals surface area contributed by atoms with Crippen LogP contribution >= 0.6 is 0 Å². The molecule has 1 heterocycles. The number of hydrogen-bond acceptors (Lipinski definition) is 2. The number of carboxylic acid groups (broad SMARTS) is 1. The molecule has 1 saturated heterocycles. The van der Waals surface area contributed by atoms with Crippen molar-refractivity contribution in [3.63, 3.8) is 0 Å². The van der Waals surface area contributed by atoms with Crippen molar-refractivity contribution >= 4 is 12.0 Å². The molecule has 5 heteroatoms. The van der Waals surface area contributed by atoms with Gasteiger partial charge in [-0.2, -0.15) is 0 Å². The quantitative estimate of drug-likeness (QED) is 0.819. The molecule has 0 aromatic heterocycles. The Hall–Kier alpha value is -1.26. The van der Waals surface area contributed by atoms with E-state index in [1.54, 1.807) is 0 Å². The van der Waals surface area contributed by atoms with Gasteiger partial charge in [-0.3, -0.25) is 0 Å². The minimum Gasteiger partial charge on any atom is -0.480 e. The highest BCUT2D eigenvalue weighted by Crippen LogP contribution is 2.49. The van der Waals surface area contributed by atoms with Gasteiger partial charge in [-0.1, -0.05) is 27.2 Å². The molecule has 2 fully saturated rings. The molecule has 120 valence electrons. The van der Waals surface area contributed by atoms with Crippen LogP contribution in [-0.4, -0.2) is 41.1 Å². The number of nitrogens with zero attached hydrogens (tertiary/aromatic N) is 1. The summed E-state index contributed by atoms with van der Waals surface area (Å²) < 4.78 is 0. The molecule has 1 unspecified atom stereocenters. The van der Waals surface area contributed by atoms with Crippen molar-refractivity contribution in [2.24, 2.45) is 10.8 Å². The number of amides is 2. The molecule has 1 atom stereocenters. The van der Waals surface area contributed by atoms with Crippen molar-refractivity contribution in [1.29, 1.82) is 0 Å². The van der Waals surface area contributed by atoms with Gasteiger partial charge in [-0.15, -0.1) is 0 Å². The van der Waals surface area contributed by atoms with Crippen LogP contribution in [0.3, 0.4) is 0 Å². The van der Waals surface area contributed by atoms with Gasteiger partial charge in [0.25, 0.3) is 0 Å². The maximum atomic E-state index is 12.4. The van der Waals surface area contributed by atoms with Crippen LogP contribution in [0.1, 0.15) is 59.3 Å². The maximum absolute atomic E-state index is 12.4. The van der Waals surface area contributed by atoms with Crippen molar-refractivity contribution in [1.82, 2.24) is 10.2 Å². The minimum atomic E-state index is -0.899. The minimum absolute atomic E-state index is 0.211. The van der Waals surface area contributed by atoms with Crippen LogP contribution in [-0.2, 0) is 4.79 Å². The highest BCUT2D eigenvalue weighted by Gasteiger charge is 2.46. The zero-order valence-corrected chi connectivity index (χ0v) is 13.4. The predicted octanol–water partition coefficient (Wildman–Crippen LogP) is 2.85. The lowest BCUT2D eigenvalue weighted by molar-refractivity contribution is -0.148. The zero-order chi connectivity index (χ0) is 15.7. The molecule has 5 nitrogen and oxygen atoms in total. The normalized spacial score (nSPS) is 26.2. The second-order valence-electron chi connectivity index (χ2n) is 7.44. The highest BCUT2D eigenvalue weighted by atomic mass is 16.4. The molecule has 2 rings (SSSR count). The number of piperidine rings is 1. The number of hydrogen-bond donors (Lipinski definition) is 2. The Morgan fingerprint density at radius 3 is 2.48 bits per heavy atom. The fourth-order valence-corrected chi connectivity index (χ4v) is 3.67. The average Bonchev–Trinajstić information content (AvgIpc) is 3.14. The van der Waals surface area contributed by atoms with Gasteiger partial charge < -0.3 is 15.3 Å². The number of carbonyl (C=O) groups excluding carboxylic acids is 1. The maximum Gasteiger partial charge on any atom is 0.327 e. The van der Waals surface area contributed by atoms with Gasteiger partial charge in [0, 0.05) is 13.1 Å². The number of urea groups is 1. The van der Waals surface area contributed by atoms with Crippen LogP contribution < -0.4 is 5.32 Å². The standard InChI is InChI=1S/C16H28N2O3/c1-4-6-16(8-9-16)11-17-14(21)18-10-5-7-15(2,3)12(18)13(19)20/h12H,4-11H2,1-3H3,(H,17,21)(H,19,20). The van der Waals surface area contributed by atoms with Crippen LogP contribution in [0, 0.1) is 10.8 Å². The van der Waals surface area contributed by atoms with Gasteiger partial charge in [0.05, 0.1) is 0 Å². The molecule has 21 heavy (non-hydrogen) atoms. The average molecular weight is 296 g/mol. The van der Waals surface area contributed by atoms with Gasteiger partial charge >= 0.3 is 12.0 Å². The number of carboxylic acids is 1. The smallest absolute Gasteiger partial charge is 0.327 e. The molecule has 0 bridgehead atoms. The predicted molar refractivity (Wildman–Crippen MR) is 81.1 cm³/mol. The highest BCUT2D eigenvalue weighted by molar-refractivity contribution is 5.83. The first-order valence-electron chi connectivity index (χ1n) is 8.09. The van der Waals surface area contributed by atoms with Crippen LogP contribution in [0.25, 0.3) is 0 Å². The second kappa shape index (κ2) is 5.85. The van der Waals surface area contributed by atoms with E-state index in [0.717, 1.165) is 25.7 Å². The van der Waals surface area contributed by atoms with E-state index in [2.05, 4.69) is 12.2 Å². The third-order valence-corrected chi connectivity index (χ3v) is 5.12. The molecule has 2 aliphatic rings. The molecule has 0 aromatic rings. The van der Waals surface area contributed by atoms with Crippen molar-refractivity contribution < 1.29 is 14.7 Å². The molecule has 1 aliphatic heterocycles. The van der Waals surface area contributed by atoms with E-state index in [1.807, 2.05) is 13.8 Å². The number of likely N-dealkylation sites (tertiary alicyclic amines) is 1. The Bertz CT molecular complexity index is 416. The van der Waals surface area contributed by atoms with E-state index in [9.17, 15) is 14.7 Å². The summed E-state index contributed by atoms with van der Waals surface area (Å²) in [6.07, 6.45) is 6.33. The van der Waals surface area contributed by atoms with Crippen LogP contribution in [0.2, 0.25) is 0 Å². The monoisotopic (exact) mass is 296 g/mol. The first-order valence-corrected chi connectivity index (χ1v) is 8.09. The Balaban J connectivity index is 1.98. The van der Waals surface area contributed by atoms with Crippen LogP contribution in [0.4, 0.5) is 4.79 Å². The summed E-state index contributed by atoms with van der Waals surface area (Å²) >= 11 is 0. The molecule has 0 radical (unpaired) electrons. The lowest BCUT2D eigenvalue weighted by atomic mass is 9.76. The van der Waals surface area contributed by atoms with E-state index >= 15 is 0 Å². The molecular weight excluding hydrogens is 268 g/mol. The van der Waals surface area contributed by atoms with Crippen molar-refractivity contribution in [2.75, 3.05) is 13.1 Å². The molecule has 1 saturated carbocycles. The van der Waals surface area contributed by atoms with E-state index in [1.165, 1.54) is 17.7 Å². The van der Waals surface area contributed by atoms with Gasteiger partial charge in [-0.25, -0.2) is 9.59 Å². The lowest BCUT2D eigenvalue weighted by Crippen LogP contribution is -2.59. The van der Waals surface area contributed by atoms with Gasteiger partial charge in [0.1, 0.15) is 6.04 Å². The van der Waals surface area contributed by atoms with E-state index in [4.69, 9.17) is 0 Å². The summed E-state index contributed by atoms with van der Waals surface area (Å²) in [4.78, 5) is 25.5. The van der Waals surface area contributed by atoms with Gasteiger partial charge in [-0.05, 0) is 42.9 Å². The molecular formula is C16H28N2O3. The summed E-state index contributed by atoms with van der Waals surface area (Å²) in [6.45, 7) is 7.25. The molecule has 2 amide bonds. The Morgan fingerprint density at radius 2 is 1.95 bits per heavy atom. The second-order valence-corrected chi connectivity index (χ2v) is 7.44. The van der Waals surface area contributed by atoms with Crippen LogP contribution in [0.15, 0.2) is 0 Å². The third-order valence-electron chi connectivity index (χ3n) is 5.12.